The minimum atomic E-state index is -0.280. The van der Waals surface area contributed by atoms with Gasteiger partial charge in [0.25, 0.3) is 11.8 Å². The highest BCUT2D eigenvalue weighted by atomic mass is 35.5. The Balaban J connectivity index is 0.00000261. The lowest BCUT2D eigenvalue weighted by molar-refractivity contribution is -0.0586. The zero-order valence-corrected chi connectivity index (χ0v) is 16.2. The van der Waals surface area contributed by atoms with Gasteiger partial charge in [0.1, 0.15) is 0 Å². The average Bonchev–Trinajstić information content (AvgIpc) is 2.61. The third-order valence-electron chi connectivity index (χ3n) is 4.30. The van der Waals surface area contributed by atoms with E-state index in [1.54, 1.807) is 53.4 Å². The second kappa shape index (κ2) is 8.88. The Morgan fingerprint density at radius 1 is 1.04 bits per heavy atom. The van der Waals surface area contributed by atoms with Crippen LogP contribution in [0.15, 0.2) is 48.5 Å². The van der Waals surface area contributed by atoms with Gasteiger partial charge in [0, 0.05) is 30.0 Å². The lowest BCUT2D eigenvalue weighted by Crippen LogP contribution is -2.48. The van der Waals surface area contributed by atoms with Crippen LogP contribution in [-0.2, 0) is 4.74 Å². The number of carbonyl (C=O) groups is 2. The molecule has 0 spiro atoms. The van der Waals surface area contributed by atoms with Crippen LogP contribution in [0.4, 0.5) is 11.4 Å². The minimum absolute atomic E-state index is 0. The van der Waals surface area contributed by atoms with Crippen LogP contribution in [0.1, 0.15) is 34.6 Å². The second-order valence-electron chi connectivity index (χ2n) is 6.59. The van der Waals surface area contributed by atoms with E-state index in [1.165, 1.54) is 0 Å². The number of nitrogens with zero attached hydrogens (tertiary/aromatic N) is 1. The summed E-state index contributed by atoms with van der Waals surface area (Å²) in [4.78, 5) is 26.8. The highest BCUT2D eigenvalue weighted by Crippen LogP contribution is 2.18. The summed E-state index contributed by atoms with van der Waals surface area (Å²) in [5.74, 6) is -0.310. The van der Waals surface area contributed by atoms with Gasteiger partial charge in [0.2, 0.25) is 0 Å². The zero-order valence-electron chi connectivity index (χ0n) is 15.3. The van der Waals surface area contributed by atoms with E-state index >= 15 is 0 Å². The van der Waals surface area contributed by atoms with Crippen molar-refractivity contribution in [3.05, 3.63) is 59.7 Å². The van der Waals surface area contributed by atoms with Crippen LogP contribution in [-0.4, -0.2) is 42.0 Å². The van der Waals surface area contributed by atoms with Gasteiger partial charge in [-0.2, -0.15) is 0 Å². The van der Waals surface area contributed by atoms with E-state index in [0.717, 1.165) is 0 Å². The first-order valence-corrected chi connectivity index (χ1v) is 8.64. The molecule has 1 aliphatic rings. The Bertz CT molecular complexity index is 800. The molecule has 0 saturated carbocycles. The maximum Gasteiger partial charge on any atom is 0.257 e. The normalized spacial score (nSPS) is 19.1. The number of anilines is 2. The summed E-state index contributed by atoms with van der Waals surface area (Å²) in [6, 6.07) is 13.8. The van der Waals surface area contributed by atoms with Crippen molar-refractivity contribution in [3.8, 4) is 0 Å². The van der Waals surface area contributed by atoms with Gasteiger partial charge in [-0.05, 0) is 50.2 Å². The van der Waals surface area contributed by atoms with Crippen molar-refractivity contribution in [2.75, 3.05) is 24.1 Å². The van der Waals surface area contributed by atoms with E-state index in [-0.39, 0.29) is 36.4 Å². The average molecular weight is 390 g/mol. The van der Waals surface area contributed by atoms with Gasteiger partial charge in [-0.1, -0.05) is 12.1 Å². The van der Waals surface area contributed by atoms with Gasteiger partial charge in [-0.25, -0.2) is 0 Å². The fourth-order valence-corrected chi connectivity index (χ4v) is 3.12. The fourth-order valence-electron chi connectivity index (χ4n) is 3.12. The molecule has 0 bridgehead atoms. The molecule has 144 valence electrons. The number of halogens is 1. The second-order valence-corrected chi connectivity index (χ2v) is 6.59. The highest BCUT2D eigenvalue weighted by Gasteiger charge is 2.26. The quantitative estimate of drug-likeness (QED) is 0.789. The summed E-state index contributed by atoms with van der Waals surface area (Å²) in [6.45, 7) is 5.08. The van der Waals surface area contributed by atoms with Crippen LogP contribution >= 0.6 is 12.4 Å². The maximum atomic E-state index is 12.7. The lowest BCUT2D eigenvalue weighted by atomic mass is 10.1. The summed E-state index contributed by atoms with van der Waals surface area (Å²) < 4.78 is 5.67. The number of hydrogen-bond acceptors (Lipinski definition) is 4. The molecule has 6 nitrogen and oxygen atoms in total. The van der Waals surface area contributed by atoms with Crippen LogP contribution in [0, 0.1) is 0 Å². The van der Waals surface area contributed by atoms with Crippen molar-refractivity contribution in [2.24, 2.45) is 0 Å². The first kappa shape index (κ1) is 20.7. The first-order valence-electron chi connectivity index (χ1n) is 8.64. The largest absolute Gasteiger partial charge is 0.398 e. The smallest absolute Gasteiger partial charge is 0.257 e. The molecule has 0 aliphatic carbocycles. The SMILES string of the molecule is CC1CN(C(=O)c2ccc(NC(=O)c3ccccc3N)cc2)CC(C)O1.Cl. The van der Waals surface area contributed by atoms with Crippen molar-refractivity contribution >= 4 is 35.6 Å². The molecule has 0 aromatic heterocycles. The topological polar surface area (TPSA) is 84.7 Å². The predicted molar refractivity (Wildman–Crippen MR) is 108 cm³/mol. The van der Waals surface area contributed by atoms with Gasteiger partial charge in [0.05, 0.1) is 17.8 Å². The van der Waals surface area contributed by atoms with Crippen LogP contribution in [0.25, 0.3) is 0 Å². The Kier molecular flexibility index (Phi) is 6.82. The third kappa shape index (κ3) is 4.99. The zero-order chi connectivity index (χ0) is 18.7. The molecule has 2 aromatic carbocycles. The Morgan fingerprint density at radius 3 is 2.22 bits per heavy atom. The summed E-state index contributed by atoms with van der Waals surface area (Å²) in [5, 5.41) is 2.79. The van der Waals surface area contributed by atoms with E-state index in [4.69, 9.17) is 10.5 Å². The number of rotatable bonds is 3. The molecule has 2 aromatic rings. The van der Waals surface area contributed by atoms with Crippen molar-refractivity contribution in [3.63, 3.8) is 0 Å². The molecule has 27 heavy (non-hydrogen) atoms. The van der Waals surface area contributed by atoms with Crippen molar-refractivity contribution in [2.45, 2.75) is 26.1 Å². The van der Waals surface area contributed by atoms with E-state index in [1.807, 2.05) is 13.8 Å². The summed E-state index contributed by atoms with van der Waals surface area (Å²) in [6.07, 6.45) is 0.0511. The molecule has 7 heteroatoms. The van der Waals surface area contributed by atoms with Crippen molar-refractivity contribution < 1.29 is 14.3 Å². The molecule has 3 rings (SSSR count). The van der Waals surface area contributed by atoms with E-state index in [0.29, 0.717) is 35.6 Å². The summed E-state index contributed by atoms with van der Waals surface area (Å²) in [7, 11) is 0. The number of amides is 2. The molecule has 0 radical (unpaired) electrons. The molecule has 2 atom stereocenters. The molecule has 3 N–H and O–H groups in total. The molecular formula is C20H24ClN3O3. The first-order chi connectivity index (χ1) is 12.4. The van der Waals surface area contributed by atoms with Gasteiger partial charge in [-0.3, -0.25) is 9.59 Å². The Morgan fingerprint density at radius 2 is 1.63 bits per heavy atom. The summed E-state index contributed by atoms with van der Waals surface area (Å²) >= 11 is 0. The Labute approximate surface area is 165 Å². The number of nitrogens with one attached hydrogen (secondary N) is 1. The molecule has 1 fully saturated rings. The van der Waals surface area contributed by atoms with Gasteiger partial charge in [-0.15, -0.1) is 12.4 Å². The number of benzene rings is 2. The minimum Gasteiger partial charge on any atom is -0.398 e. The van der Waals surface area contributed by atoms with Crippen molar-refractivity contribution in [1.29, 1.82) is 0 Å². The number of para-hydroxylation sites is 1. The maximum absolute atomic E-state index is 12.7. The fraction of sp³-hybridized carbons (Fsp3) is 0.300. The number of nitrogen functional groups attached to an aromatic ring is 1. The summed E-state index contributed by atoms with van der Waals surface area (Å²) in [5.41, 5.74) is 7.86. The third-order valence-corrected chi connectivity index (χ3v) is 4.30. The number of carbonyl (C=O) groups excluding carboxylic acids is 2. The number of morpholine rings is 1. The Hall–Kier alpha value is -2.57. The van der Waals surface area contributed by atoms with E-state index < -0.39 is 0 Å². The van der Waals surface area contributed by atoms with Crippen LogP contribution < -0.4 is 11.1 Å². The molecule has 1 heterocycles. The van der Waals surface area contributed by atoms with Crippen LogP contribution in [0.5, 0.6) is 0 Å². The number of hydrogen-bond donors (Lipinski definition) is 2. The lowest BCUT2D eigenvalue weighted by Gasteiger charge is -2.35. The molecular weight excluding hydrogens is 366 g/mol. The number of ether oxygens (including phenoxy) is 1. The predicted octanol–water partition coefficient (Wildman–Crippen LogP) is 3.19. The molecule has 2 amide bonds. The van der Waals surface area contributed by atoms with E-state index in [9.17, 15) is 9.59 Å². The van der Waals surface area contributed by atoms with Crippen molar-refractivity contribution in [1.82, 2.24) is 4.90 Å². The highest BCUT2D eigenvalue weighted by molar-refractivity contribution is 6.07. The van der Waals surface area contributed by atoms with Crippen LogP contribution in [0.2, 0.25) is 0 Å². The molecule has 1 saturated heterocycles. The number of nitrogens with two attached hydrogens (primary N) is 1. The van der Waals surface area contributed by atoms with Crippen LogP contribution in [0.3, 0.4) is 0 Å². The van der Waals surface area contributed by atoms with Gasteiger partial charge < -0.3 is 20.7 Å². The standard InChI is InChI=1S/C20H23N3O3.ClH/c1-13-11-23(12-14(2)26-13)20(25)15-7-9-16(10-8-15)22-19(24)17-5-3-4-6-18(17)21;/h3-10,13-14H,11-12,21H2,1-2H3,(H,22,24);1H. The monoisotopic (exact) mass is 389 g/mol. The van der Waals surface area contributed by atoms with Gasteiger partial charge in [0.15, 0.2) is 0 Å². The molecule has 2 unspecified atom stereocenters. The molecule has 1 aliphatic heterocycles. The van der Waals surface area contributed by atoms with E-state index in [2.05, 4.69) is 5.32 Å². The van der Waals surface area contributed by atoms with Gasteiger partial charge >= 0.3 is 0 Å².